The predicted octanol–water partition coefficient (Wildman–Crippen LogP) is 3.76. The largest absolute Gasteiger partial charge is 0.338 e. The lowest BCUT2D eigenvalue weighted by Crippen LogP contribution is -2.03. The molecule has 0 aliphatic rings. The van der Waals surface area contributed by atoms with E-state index in [9.17, 15) is 0 Å². The number of unbranched alkanes of at least 4 members (excludes halogenated alkanes) is 2. The maximum Gasteiger partial charge on any atom is 0.145 e. The van der Waals surface area contributed by atoms with Crippen LogP contribution in [0.25, 0.3) is 0 Å². The van der Waals surface area contributed by atoms with E-state index < -0.39 is 5.47 Å². The third kappa shape index (κ3) is 4.69. The van der Waals surface area contributed by atoms with Crippen molar-refractivity contribution in [2.45, 2.75) is 26.2 Å². The normalized spacial score (nSPS) is 14.8. The van der Waals surface area contributed by atoms with Gasteiger partial charge in [-0.05, 0) is 6.42 Å². The summed E-state index contributed by atoms with van der Waals surface area (Å²) in [5.74, 6) is 0. The molecule has 15 heavy (non-hydrogen) atoms. The van der Waals surface area contributed by atoms with Gasteiger partial charge in [0.25, 0.3) is 0 Å². The van der Waals surface area contributed by atoms with E-state index in [0.717, 1.165) is 18.3 Å². The molecule has 1 nitrogen and oxygen atoms in total. The van der Waals surface area contributed by atoms with E-state index in [1.54, 1.807) is 0 Å². The van der Waals surface area contributed by atoms with Gasteiger partial charge in [0.15, 0.2) is 0 Å². The van der Waals surface area contributed by atoms with Crippen molar-refractivity contribution >= 4 is 34.8 Å². The highest BCUT2D eigenvalue weighted by Crippen LogP contribution is 2.50. The van der Waals surface area contributed by atoms with Crippen LogP contribution in [0.15, 0.2) is 30.3 Å². The van der Waals surface area contributed by atoms with E-state index in [1.165, 1.54) is 12.8 Å². The van der Waals surface area contributed by atoms with Crippen molar-refractivity contribution in [3.8, 4) is 0 Å². The van der Waals surface area contributed by atoms with Crippen LogP contribution in [0.2, 0.25) is 0 Å². The van der Waals surface area contributed by atoms with E-state index in [-0.39, 0.29) is 0 Å². The maximum absolute atomic E-state index is 5.71. The summed E-state index contributed by atoms with van der Waals surface area (Å²) in [6.07, 6.45) is 3.46. The third-order valence-electron chi connectivity index (χ3n) is 2.10. The van der Waals surface area contributed by atoms with Crippen LogP contribution in [0, 0.1) is 0 Å². The molecule has 0 aliphatic carbocycles. The number of thiol groups is 1. The lowest BCUT2D eigenvalue weighted by molar-refractivity contribution is 0.348. The Hall–Kier alpha value is 0.180. The minimum absolute atomic E-state index is 0.726. The molecule has 1 rings (SSSR count). The van der Waals surface area contributed by atoms with Gasteiger partial charge in [0.1, 0.15) is 5.47 Å². The second-order valence-corrected chi connectivity index (χ2v) is 9.26. The summed E-state index contributed by atoms with van der Waals surface area (Å²) in [5, 5.41) is 1.04. The number of hydrogen-bond donors (Lipinski definition) is 1. The Balaban J connectivity index is 2.49. The summed E-state index contributed by atoms with van der Waals surface area (Å²) in [7, 11) is 0. The Morgan fingerprint density at radius 1 is 1.27 bits per heavy atom. The number of benzene rings is 1. The van der Waals surface area contributed by atoms with Crippen molar-refractivity contribution in [1.29, 1.82) is 0 Å². The first kappa shape index (κ1) is 13.2. The Labute approximate surface area is 102 Å². The first-order valence-corrected chi connectivity index (χ1v) is 9.07. The fourth-order valence-electron chi connectivity index (χ4n) is 1.23. The van der Waals surface area contributed by atoms with Gasteiger partial charge in [-0.25, -0.2) is 0 Å². The fraction of sp³-hybridized carbons (Fsp3) is 0.455. The number of hydrogen-bond acceptors (Lipinski definition) is 2. The molecular formula is C11H17OPS2. The Morgan fingerprint density at radius 2 is 1.93 bits per heavy atom. The summed E-state index contributed by atoms with van der Waals surface area (Å²) in [5.41, 5.74) is -2.06. The first-order valence-electron chi connectivity index (χ1n) is 5.20. The Morgan fingerprint density at radius 3 is 2.53 bits per heavy atom. The quantitative estimate of drug-likeness (QED) is 0.474. The van der Waals surface area contributed by atoms with Crippen molar-refractivity contribution in [2.24, 2.45) is 0 Å². The predicted molar refractivity (Wildman–Crippen MR) is 74.8 cm³/mol. The average molecular weight is 260 g/mol. The molecule has 0 saturated carbocycles. The van der Waals surface area contributed by atoms with E-state index >= 15 is 0 Å². The zero-order valence-electron chi connectivity index (χ0n) is 8.93. The summed E-state index contributed by atoms with van der Waals surface area (Å²) < 4.78 is 5.71. The first-order chi connectivity index (χ1) is 7.17. The zero-order valence-corrected chi connectivity index (χ0v) is 11.5. The second-order valence-electron chi connectivity index (χ2n) is 3.40. The highest BCUT2D eigenvalue weighted by atomic mass is 32.9. The minimum Gasteiger partial charge on any atom is -0.338 e. The number of rotatable bonds is 6. The van der Waals surface area contributed by atoms with Gasteiger partial charge >= 0.3 is 0 Å². The van der Waals surface area contributed by atoms with Crippen LogP contribution in [0.5, 0.6) is 0 Å². The van der Waals surface area contributed by atoms with E-state index in [4.69, 9.17) is 16.3 Å². The third-order valence-corrected chi connectivity index (χ3v) is 5.57. The standard InChI is InChI=1S/C11H17OPS2/c1-2-3-7-10-12-13(14,15)11-8-5-4-6-9-11/h4-6,8-9H,2-3,7,10H2,1H3,(H,14,15). The van der Waals surface area contributed by atoms with Gasteiger partial charge in [-0.1, -0.05) is 61.9 Å². The van der Waals surface area contributed by atoms with Crippen LogP contribution in [0.3, 0.4) is 0 Å². The van der Waals surface area contributed by atoms with Crippen LogP contribution >= 0.6 is 17.7 Å². The fourth-order valence-corrected chi connectivity index (χ4v) is 3.54. The molecule has 1 aromatic carbocycles. The van der Waals surface area contributed by atoms with Gasteiger partial charge in [0, 0.05) is 5.30 Å². The van der Waals surface area contributed by atoms with Crippen LogP contribution in [0.1, 0.15) is 26.2 Å². The van der Waals surface area contributed by atoms with Gasteiger partial charge in [-0.15, -0.1) is 12.2 Å². The molecule has 0 saturated heterocycles. The smallest absolute Gasteiger partial charge is 0.145 e. The van der Waals surface area contributed by atoms with Crippen molar-refractivity contribution in [1.82, 2.24) is 0 Å². The Bertz CT molecular complexity index is 327. The van der Waals surface area contributed by atoms with Crippen LogP contribution in [-0.2, 0) is 16.3 Å². The van der Waals surface area contributed by atoms with Gasteiger partial charge in [-0.2, -0.15) is 0 Å². The van der Waals surface area contributed by atoms with Crippen molar-refractivity contribution in [2.75, 3.05) is 6.61 Å². The summed E-state index contributed by atoms with van der Waals surface area (Å²) in [4.78, 5) is 0. The van der Waals surface area contributed by atoms with Crippen molar-refractivity contribution in [3.05, 3.63) is 30.3 Å². The molecule has 1 aromatic rings. The molecule has 0 aromatic heterocycles. The molecule has 0 fully saturated rings. The topological polar surface area (TPSA) is 9.23 Å². The van der Waals surface area contributed by atoms with Crippen LogP contribution in [0.4, 0.5) is 0 Å². The molecule has 0 amide bonds. The second kappa shape index (κ2) is 6.70. The maximum atomic E-state index is 5.71. The molecule has 4 heteroatoms. The summed E-state index contributed by atoms with van der Waals surface area (Å²) in [6, 6.07) is 9.91. The van der Waals surface area contributed by atoms with E-state index in [2.05, 4.69) is 19.2 Å². The van der Waals surface area contributed by atoms with Gasteiger partial charge in [0.2, 0.25) is 0 Å². The lowest BCUT2D eigenvalue weighted by atomic mass is 10.3. The molecular weight excluding hydrogens is 243 g/mol. The highest BCUT2D eigenvalue weighted by Gasteiger charge is 2.14. The molecule has 84 valence electrons. The zero-order chi connectivity index (χ0) is 11.1. The van der Waals surface area contributed by atoms with Gasteiger partial charge < -0.3 is 4.52 Å². The van der Waals surface area contributed by atoms with Crippen LogP contribution in [-0.4, -0.2) is 6.61 Å². The van der Waals surface area contributed by atoms with E-state index in [0.29, 0.717) is 0 Å². The molecule has 0 bridgehead atoms. The molecule has 0 radical (unpaired) electrons. The average Bonchev–Trinajstić information content (AvgIpc) is 2.26. The van der Waals surface area contributed by atoms with Gasteiger partial charge in [-0.3, -0.25) is 0 Å². The van der Waals surface area contributed by atoms with Crippen molar-refractivity contribution in [3.63, 3.8) is 0 Å². The van der Waals surface area contributed by atoms with Crippen molar-refractivity contribution < 1.29 is 4.52 Å². The molecule has 0 heterocycles. The monoisotopic (exact) mass is 260 g/mol. The molecule has 0 N–H and O–H groups in total. The van der Waals surface area contributed by atoms with Crippen LogP contribution < -0.4 is 5.30 Å². The molecule has 0 aliphatic heterocycles. The highest BCUT2D eigenvalue weighted by molar-refractivity contribution is 8.64. The van der Waals surface area contributed by atoms with E-state index in [1.807, 2.05) is 30.3 Å². The molecule has 1 unspecified atom stereocenters. The minimum atomic E-state index is -2.06. The van der Waals surface area contributed by atoms with Gasteiger partial charge in [0.05, 0.1) is 6.61 Å². The lowest BCUT2D eigenvalue weighted by Gasteiger charge is -2.16. The SMILES string of the molecule is CCCCCOP(=S)(S)c1ccccc1. The molecule has 1 atom stereocenters. The summed E-state index contributed by atoms with van der Waals surface area (Å²) >= 11 is 9.89. The molecule has 0 spiro atoms. The summed E-state index contributed by atoms with van der Waals surface area (Å²) in [6.45, 7) is 2.90. The Kier molecular flexibility index (Phi) is 5.91.